The minimum atomic E-state index is -0.511. The van der Waals surface area contributed by atoms with E-state index in [9.17, 15) is 4.79 Å². The van der Waals surface area contributed by atoms with Crippen LogP contribution in [-0.2, 0) is 0 Å². The Balaban J connectivity index is 1.32. The number of carbonyl (C=O) groups is 1. The summed E-state index contributed by atoms with van der Waals surface area (Å²) in [6.07, 6.45) is 4.00. The Labute approximate surface area is 155 Å². The summed E-state index contributed by atoms with van der Waals surface area (Å²) in [6, 6.07) is 10.8. The molecule has 0 unspecified atom stereocenters. The molecule has 7 nitrogen and oxygen atoms in total. The van der Waals surface area contributed by atoms with Crippen LogP contribution in [0, 0.1) is 6.92 Å². The van der Waals surface area contributed by atoms with Gasteiger partial charge in [-0.2, -0.15) is 5.10 Å². The summed E-state index contributed by atoms with van der Waals surface area (Å²) in [7, 11) is 0. The molecule has 2 N–H and O–H groups in total. The molecule has 0 saturated heterocycles. The van der Waals surface area contributed by atoms with Crippen LogP contribution in [0.3, 0.4) is 0 Å². The summed E-state index contributed by atoms with van der Waals surface area (Å²) in [5.74, 6) is 2.02. The number of aromatic amines is 1. The normalized spacial score (nSPS) is 16.8. The topological polar surface area (TPSA) is 89.4 Å². The van der Waals surface area contributed by atoms with Crippen LogP contribution in [-0.4, -0.2) is 21.9 Å². The summed E-state index contributed by atoms with van der Waals surface area (Å²) < 4.78 is 17.6. The van der Waals surface area contributed by atoms with Gasteiger partial charge >= 0.3 is 0 Å². The molecule has 5 rings (SSSR count). The van der Waals surface area contributed by atoms with E-state index in [2.05, 4.69) is 15.5 Å². The Bertz CT molecular complexity index is 1010. The highest BCUT2D eigenvalue weighted by Crippen LogP contribution is 2.47. The highest BCUT2D eigenvalue weighted by molar-refractivity contribution is 6.03. The predicted molar refractivity (Wildman–Crippen MR) is 97.9 cm³/mol. The number of anilines is 1. The first-order valence-electron chi connectivity index (χ1n) is 9.06. The van der Waals surface area contributed by atoms with Crippen molar-refractivity contribution < 1.29 is 18.7 Å². The number of H-pyrrole nitrogens is 1. The number of fused-ring (bicyclic) bond motifs is 1. The fraction of sp³-hybridized carbons (Fsp3) is 0.300. The lowest BCUT2D eigenvalue weighted by Gasteiger charge is -2.21. The maximum atomic E-state index is 12.5. The molecule has 1 spiro atoms. The molecule has 1 aliphatic carbocycles. The molecule has 2 aromatic heterocycles. The van der Waals surface area contributed by atoms with Crippen molar-refractivity contribution in [3.05, 3.63) is 47.9 Å². The highest BCUT2D eigenvalue weighted by Gasteiger charge is 2.44. The standard InChI is InChI=1S/C20H19N3O4/c1-12-4-6-16(25-12)14-11-15(23-22-14)19(24)21-13-5-7-17-18(10-13)27-20(26-17)8-2-3-9-20/h4-7,10-11H,2-3,8-9H2,1H3,(H,21,24)(H,22,23). The van der Waals surface area contributed by atoms with E-state index in [1.807, 2.05) is 25.1 Å². The van der Waals surface area contributed by atoms with E-state index in [1.165, 1.54) is 0 Å². The maximum absolute atomic E-state index is 12.5. The third-order valence-electron chi connectivity index (χ3n) is 4.98. The zero-order valence-corrected chi connectivity index (χ0v) is 14.9. The Hall–Kier alpha value is -3.22. The van der Waals surface area contributed by atoms with Gasteiger partial charge in [0.2, 0.25) is 0 Å². The Kier molecular flexibility index (Phi) is 3.50. The van der Waals surface area contributed by atoms with Crippen LogP contribution in [0.4, 0.5) is 5.69 Å². The van der Waals surface area contributed by atoms with Crippen molar-refractivity contribution in [2.45, 2.75) is 38.4 Å². The SMILES string of the molecule is Cc1ccc(-c2cc(C(=O)Nc3ccc4c(c3)OC3(CCCC3)O4)n[nH]2)o1. The van der Waals surface area contributed by atoms with Crippen LogP contribution in [0.1, 0.15) is 41.9 Å². The molecule has 2 aliphatic rings. The first-order valence-corrected chi connectivity index (χ1v) is 9.06. The molecule has 3 aromatic rings. The van der Waals surface area contributed by atoms with Crippen LogP contribution in [0.15, 0.2) is 40.8 Å². The van der Waals surface area contributed by atoms with Gasteiger partial charge in [-0.3, -0.25) is 9.89 Å². The van der Waals surface area contributed by atoms with Gasteiger partial charge in [-0.25, -0.2) is 0 Å². The number of benzene rings is 1. The van der Waals surface area contributed by atoms with Gasteiger partial charge in [0.25, 0.3) is 11.7 Å². The predicted octanol–water partition coefficient (Wildman–Crippen LogP) is 4.27. The van der Waals surface area contributed by atoms with Crippen LogP contribution < -0.4 is 14.8 Å². The number of rotatable bonds is 3. The fourth-order valence-electron chi connectivity index (χ4n) is 3.63. The lowest BCUT2D eigenvalue weighted by Crippen LogP contribution is -2.34. The van der Waals surface area contributed by atoms with Gasteiger partial charge in [-0.1, -0.05) is 0 Å². The molecular weight excluding hydrogens is 346 g/mol. The molecule has 0 bridgehead atoms. The molecule has 0 radical (unpaired) electrons. The molecule has 0 atom stereocenters. The average molecular weight is 365 g/mol. The van der Waals surface area contributed by atoms with E-state index in [0.29, 0.717) is 22.9 Å². The smallest absolute Gasteiger partial charge is 0.276 e. The Morgan fingerprint density at radius 2 is 1.93 bits per heavy atom. The van der Waals surface area contributed by atoms with E-state index in [1.54, 1.807) is 18.2 Å². The number of furan rings is 1. The van der Waals surface area contributed by atoms with Gasteiger partial charge in [-0.05, 0) is 44.0 Å². The minimum Gasteiger partial charge on any atom is -0.460 e. The van der Waals surface area contributed by atoms with Gasteiger partial charge in [0.1, 0.15) is 11.5 Å². The molecule has 1 aromatic carbocycles. The number of nitrogens with one attached hydrogen (secondary N) is 2. The summed E-state index contributed by atoms with van der Waals surface area (Å²) in [5, 5.41) is 9.75. The number of hydrogen-bond donors (Lipinski definition) is 2. The van der Waals surface area contributed by atoms with Crippen molar-refractivity contribution in [2.24, 2.45) is 0 Å². The second kappa shape index (κ2) is 5.90. The van der Waals surface area contributed by atoms with Crippen LogP contribution in [0.25, 0.3) is 11.5 Å². The molecule has 1 fully saturated rings. The average Bonchev–Trinajstić information content (AvgIpc) is 3.41. The molecule has 138 valence electrons. The third kappa shape index (κ3) is 2.85. The Morgan fingerprint density at radius 3 is 2.70 bits per heavy atom. The zero-order valence-electron chi connectivity index (χ0n) is 14.9. The van der Waals surface area contributed by atoms with Crippen LogP contribution in [0.2, 0.25) is 0 Å². The number of hydrogen-bond acceptors (Lipinski definition) is 5. The van der Waals surface area contributed by atoms with Crippen molar-refractivity contribution in [3.8, 4) is 23.0 Å². The fourth-order valence-corrected chi connectivity index (χ4v) is 3.63. The van der Waals surface area contributed by atoms with E-state index in [4.69, 9.17) is 13.9 Å². The van der Waals surface area contributed by atoms with E-state index < -0.39 is 5.79 Å². The quantitative estimate of drug-likeness (QED) is 0.723. The van der Waals surface area contributed by atoms with Crippen molar-refractivity contribution in [3.63, 3.8) is 0 Å². The van der Waals surface area contributed by atoms with Crippen LogP contribution in [0.5, 0.6) is 11.5 Å². The number of ether oxygens (including phenoxy) is 2. The molecule has 1 aliphatic heterocycles. The second-order valence-corrected chi connectivity index (χ2v) is 7.01. The van der Waals surface area contributed by atoms with Crippen molar-refractivity contribution in [1.82, 2.24) is 10.2 Å². The highest BCUT2D eigenvalue weighted by atomic mass is 16.7. The molecule has 27 heavy (non-hydrogen) atoms. The maximum Gasteiger partial charge on any atom is 0.276 e. The first kappa shape index (κ1) is 16.0. The zero-order chi connectivity index (χ0) is 18.4. The largest absolute Gasteiger partial charge is 0.460 e. The first-order chi connectivity index (χ1) is 13.1. The molecule has 1 saturated carbocycles. The van der Waals surface area contributed by atoms with Gasteiger partial charge < -0.3 is 19.2 Å². The number of amides is 1. The van der Waals surface area contributed by atoms with Crippen molar-refractivity contribution >= 4 is 11.6 Å². The summed E-state index contributed by atoms with van der Waals surface area (Å²) in [6.45, 7) is 1.86. The van der Waals surface area contributed by atoms with Crippen LogP contribution >= 0.6 is 0 Å². The van der Waals surface area contributed by atoms with Gasteiger partial charge in [0.15, 0.2) is 23.0 Å². The summed E-state index contributed by atoms with van der Waals surface area (Å²) in [5.41, 5.74) is 1.57. The molecule has 3 heterocycles. The number of carbonyl (C=O) groups excluding carboxylic acids is 1. The van der Waals surface area contributed by atoms with E-state index >= 15 is 0 Å². The lowest BCUT2D eigenvalue weighted by molar-refractivity contribution is -0.0716. The van der Waals surface area contributed by atoms with Gasteiger partial charge in [-0.15, -0.1) is 0 Å². The van der Waals surface area contributed by atoms with Gasteiger partial charge in [0, 0.05) is 30.7 Å². The summed E-state index contributed by atoms with van der Waals surface area (Å²) in [4.78, 5) is 12.5. The second-order valence-electron chi connectivity index (χ2n) is 7.01. The molecule has 1 amide bonds. The van der Waals surface area contributed by atoms with E-state index in [0.717, 1.165) is 37.2 Å². The van der Waals surface area contributed by atoms with Crippen molar-refractivity contribution in [2.75, 3.05) is 5.32 Å². The Morgan fingerprint density at radius 1 is 1.11 bits per heavy atom. The number of aryl methyl sites for hydroxylation is 1. The monoisotopic (exact) mass is 365 g/mol. The third-order valence-corrected chi connectivity index (χ3v) is 4.98. The number of aromatic nitrogens is 2. The molecular formula is C20H19N3O4. The molecule has 7 heteroatoms. The van der Waals surface area contributed by atoms with Gasteiger partial charge in [0.05, 0.1) is 0 Å². The minimum absolute atomic E-state index is 0.281. The van der Waals surface area contributed by atoms with E-state index in [-0.39, 0.29) is 11.6 Å². The summed E-state index contributed by atoms with van der Waals surface area (Å²) >= 11 is 0. The van der Waals surface area contributed by atoms with Crippen molar-refractivity contribution in [1.29, 1.82) is 0 Å². The number of nitrogens with zero attached hydrogens (tertiary/aromatic N) is 1. The lowest BCUT2D eigenvalue weighted by atomic mass is 10.2.